The van der Waals surface area contributed by atoms with Crippen molar-refractivity contribution in [3.05, 3.63) is 63.3 Å². The fourth-order valence-electron chi connectivity index (χ4n) is 1.42. The van der Waals surface area contributed by atoms with E-state index >= 15 is 0 Å². The van der Waals surface area contributed by atoms with Crippen molar-refractivity contribution in [2.45, 2.75) is 6.42 Å². The third-order valence-electron chi connectivity index (χ3n) is 2.03. The van der Waals surface area contributed by atoms with E-state index < -0.39 is 0 Å². The Bertz CT molecular complexity index is 436. The molecule has 0 saturated carbocycles. The van der Waals surface area contributed by atoms with Crippen LogP contribution in [0.3, 0.4) is 0 Å². The second kappa shape index (κ2) is 4.77. The molecule has 1 nitrogen and oxygen atoms in total. The Labute approximate surface area is 102 Å². The van der Waals surface area contributed by atoms with Crippen molar-refractivity contribution in [2.75, 3.05) is 0 Å². The van der Waals surface area contributed by atoms with Crippen molar-refractivity contribution in [1.29, 1.82) is 0 Å². The molecule has 1 heterocycles. The van der Waals surface area contributed by atoms with E-state index in [2.05, 4.69) is 27.0 Å². The van der Waals surface area contributed by atoms with E-state index in [0.29, 0.717) is 0 Å². The van der Waals surface area contributed by atoms with Gasteiger partial charge in [-0.1, -0.05) is 33.6 Å². The average molecular weight is 283 g/mol. The van der Waals surface area contributed by atoms with Gasteiger partial charge in [-0.15, -0.1) is 0 Å². The third-order valence-corrected chi connectivity index (χ3v) is 2.71. The van der Waals surface area contributed by atoms with Crippen LogP contribution in [0.1, 0.15) is 11.3 Å². The first-order chi connectivity index (χ1) is 7.24. The molecule has 15 heavy (non-hydrogen) atoms. The van der Waals surface area contributed by atoms with Gasteiger partial charge in [-0.25, -0.2) is 0 Å². The molecule has 0 atom stereocenters. The van der Waals surface area contributed by atoms with Gasteiger partial charge in [0.15, 0.2) is 0 Å². The Balaban J connectivity index is 2.25. The molecular weight excluding hydrogens is 273 g/mol. The summed E-state index contributed by atoms with van der Waals surface area (Å²) < 4.78 is 1.00. The van der Waals surface area contributed by atoms with Gasteiger partial charge in [0, 0.05) is 27.8 Å². The van der Waals surface area contributed by atoms with Crippen molar-refractivity contribution < 1.29 is 0 Å². The first-order valence-electron chi connectivity index (χ1n) is 4.59. The van der Waals surface area contributed by atoms with E-state index in [1.165, 1.54) is 0 Å². The smallest absolute Gasteiger partial charge is 0.0447 e. The van der Waals surface area contributed by atoms with Crippen LogP contribution in [0.2, 0.25) is 5.02 Å². The summed E-state index contributed by atoms with van der Waals surface area (Å²) in [4.78, 5) is 4.27. The predicted molar refractivity (Wildman–Crippen MR) is 66.2 cm³/mol. The van der Waals surface area contributed by atoms with Gasteiger partial charge in [0.2, 0.25) is 0 Å². The standard InChI is InChI=1S/C12H9BrClN/c13-10-5-9(6-11(14)8-10)7-12-3-1-2-4-15-12/h1-6,8H,7H2. The van der Waals surface area contributed by atoms with Crippen LogP contribution in [0.5, 0.6) is 0 Å². The number of halogens is 2. The number of nitrogens with zero attached hydrogens (tertiary/aromatic N) is 1. The lowest BCUT2D eigenvalue weighted by molar-refractivity contribution is 1.07. The Hall–Kier alpha value is -0.860. The number of benzene rings is 1. The maximum Gasteiger partial charge on any atom is 0.0447 e. The SMILES string of the molecule is Clc1cc(Br)cc(Cc2ccccn2)c1. The molecular formula is C12H9BrClN. The highest BCUT2D eigenvalue weighted by molar-refractivity contribution is 9.10. The van der Waals surface area contributed by atoms with Gasteiger partial charge >= 0.3 is 0 Å². The molecule has 0 amide bonds. The van der Waals surface area contributed by atoms with Crippen LogP contribution >= 0.6 is 27.5 Å². The number of aromatic nitrogens is 1. The first kappa shape index (κ1) is 10.7. The molecule has 0 saturated heterocycles. The van der Waals surface area contributed by atoms with Gasteiger partial charge in [0.1, 0.15) is 0 Å². The third kappa shape index (κ3) is 3.05. The molecule has 0 N–H and O–H groups in total. The normalized spacial score (nSPS) is 10.3. The van der Waals surface area contributed by atoms with Crippen molar-refractivity contribution in [1.82, 2.24) is 4.98 Å². The van der Waals surface area contributed by atoms with E-state index in [1.54, 1.807) is 6.20 Å². The summed E-state index contributed by atoms with van der Waals surface area (Å²) in [7, 11) is 0. The number of rotatable bonds is 2. The quantitative estimate of drug-likeness (QED) is 0.808. The molecule has 0 fully saturated rings. The lowest BCUT2D eigenvalue weighted by atomic mass is 10.1. The Morgan fingerprint density at radius 1 is 1.20 bits per heavy atom. The lowest BCUT2D eigenvalue weighted by Gasteiger charge is -2.02. The van der Waals surface area contributed by atoms with E-state index in [0.717, 1.165) is 27.2 Å². The highest BCUT2D eigenvalue weighted by Gasteiger charge is 2.00. The maximum atomic E-state index is 5.97. The molecule has 76 valence electrons. The first-order valence-corrected chi connectivity index (χ1v) is 5.76. The average Bonchev–Trinajstić information content (AvgIpc) is 2.17. The molecule has 1 aromatic heterocycles. The van der Waals surface area contributed by atoms with Crippen LogP contribution in [0.4, 0.5) is 0 Å². The van der Waals surface area contributed by atoms with Crippen molar-refractivity contribution in [3.63, 3.8) is 0 Å². The molecule has 0 aliphatic heterocycles. The largest absolute Gasteiger partial charge is 0.261 e. The van der Waals surface area contributed by atoms with E-state index in [9.17, 15) is 0 Å². The molecule has 2 aromatic rings. The monoisotopic (exact) mass is 281 g/mol. The molecule has 3 heteroatoms. The van der Waals surface area contributed by atoms with Crippen molar-refractivity contribution in [2.24, 2.45) is 0 Å². The summed E-state index contributed by atoms with van der Waals surface area (Å²) >= 11 is 9.39. The minimum atomic E-state index is 0.746. The minimum absolute atomic E-state index is 0.746. The van der Waals surface area contributed by atoms with Gasteiger partial charge in [0.25, 0.3) is 0 Å². The topological polar surface area (TPSA) is 12.9 Å². The second-order valence-electron chi connectivity index (χ2n) is 3.28. The summed E-state index contributed by atoms with van der Waals surface area (Å²) in [5.74, 6) is 0. The minimum Gasteiger partial charge on any atom is -0.261 e. The molecule has 0 aliphatic rings. The zero-order valence-corrected chi connectivity index (χ0v) is 10.3. The van der Waals surface area contributed by atoms with E-state index in [4.69, 9.17) is 11.6 Å². The fraction of sp³-hybridized carbons (Fsp3) is 0.0833. The van der Waals surface area contributed by atoms with Crippen LogP contribution in [-0.2, 0) is 6.42 Å². The molecule has 2 rings (SSSR count). The van der Waals surface area contributed by atoms with Gasteiger partial charge in [-0.05, 0) is 35.9 Å². The number of pyridine rings is 1. The Kier molecular flexibility index (Phi) is 3.39. The van der Waals surface area contributed by atoms with E-state index in [1.807, 2.05) is 30.3 Å². The van der Waals surface area contributed by atoms with Crippen LogP contribution in [-0.4, -0.2) is 4.98 Å². The van der Waals surface area contributed by atoms with Crippen LogP contribution < -0.4 is 0 Å². The highest BCUT2D eigenvalue weighted by Crippen LogP contribution is 2.20. The fourth-order valence-corrected chi connectivity index (χ4v) is 2.35. The van der Waals surface area contributed by atoms with Crippen LogP contribution in [0.15, 0.2) is 47.1 Å². The highest BCUT2D eigenvalue weighted by atomic mass is 79.9. The van der Waals surface area contributed by atoms with Crippen molar-refractivity contribution >= 4 is 27.5 Å². The number of hydrogen-bond acceptors (Lipinski definition) is 1. The second-order valence-corrected chi connectivity index (χ2v) is 4.63. The van der Waals surface area contributed by atoms with Gasteiger partial charge in [-0.2, -0.15) is 0 Å². The van der Waals surface area contributed by atoms with Crippen LogP contribution in [0, 0.1) is 0 Å². The molecule has 0 spiro atoms. The molecule has 0 bridgehead atoms. The van der Waals surface area contributed by atoms with Crippen LogP contribution in [0.25, 0.3) is 0 Å². The predicted octanol–water partition coefficient (Wildman–Crippen LogP) is 4.09. The summed E-state index contributed by atoms with van der Waals surface area (Å²) in [6.45, 7) is 0. The Morgan fingerprint density at radius 3 is 2.73 bits per heavy atom. The summed E-state index contributed by atoms with van der Waals surface area (Å²) in [6.07, 6.45) is 2.61. The molecule has 1 aromatic carbocycles. The summed E-state index contributed by atoms with van der Waals surface area (Å²) in [5.41, 5.74) is 2.21. The zero-order valence-electron chi connectivity index (χ0n) is 7.95. The summed E-state index contributed by atoms with van der Waals surface area (Å²) in [5, 5.41) is 0.746. The van der Waals surface area contributed by atoms with Gasteiger partial charge in [-0.3, -0.25) is 4.98 Å². The van der Waals surface area contributed by atoms with Gasteiger partial charge < -0.3 is 0 Å². The maximum absolute atomic E-state index is 5.97. The van der Waals surface area contributed by atoms with E-state index in [-0.39, 0.29) is 0 Å². The molecule has 0 unspecified atom stereocenters. The zero-order chi connectivity index (χ0) is 10.7. The number of hydrogen-bond donors (Lipinski definition) is 0. The molecule has 0 radical (unpaired) electrons. The van der Waals surface area contributed by atoms with Crippen molar-refractivity contribution in [3.8, 4) is 0 Å². The van der Waals surface area contributed by atoms with Gasteiger partial charge in [0.05, 0.1) is 0 Å². The summed E-state index contributed by atoms with van der Waals surface area (Å²) in [6, 6.07) is 11.8. The molecule has 0 aliphatic carbocycles. The Morgan fingerprint density at radius 2 is 2.07 bits per heavy atom. The lowest BCUT2D eigenvalue weighted by Crippen LogP contribution is -1.91.